The molecule has 23 heavy (non-hydrogen) atoms. The number of hydrazine groups is 1. The predicted molar refractivity (Wildman–Crippen MR) is 82.8 cm³/mol. The third kappa shape index (κ3) is 2.86. The lowest BCUT2D eigenvalue weighted by Crippen LogP contribution is -2.35. The van der Waals surface area contributed by atoms with Crippen LogP contribution in [0.25, 0.3) is 17.1 Å². The van der Waals surface area contributed by atoms with Crippen molar-refractivity contribution in [2.45, 2.75) is 6.92 Å². The van der Waals surface area contributed by atoms with Crippen molar-refractivity contribution in [3.8, 4) is 11.3 Å². The molecule has 8 nitrogen and oxygen atoms in total. The van der Waals surface area contributed by atoms with Crippen LogP contribution in [0.15, 0.2) is 42.4 Å². The number of carbonyl (C=O) groups is 1. The Labute approximate surface area is 132 Å². The lowest BCUT2D eigenvalue weighted by atomic mass is 10.2. The number of pyridine rings is 1. The van der Waals surface area contributed by atoms with Crippen molar-refractivity contribution < 1.29 is 14.6 Å². The van der Waals surface area contributed by atoms with Gasteiger partial charge in [0.1, 0.15) is 5.82 Å². The largest absolute Gasteiger partial charge is 0.481 e. The topological polar surface area (TPSA) is 101 Å². The highest BCUT2D eigenvalue weighted by atomic mass is 16.5. The standard InChI is InChI=1S/C15H15N5O3/c1-9-3-4-10(8-16-9)12-7-11(15(21)22)19-20(12)13-5-6-14(23-2)18-17-13/h3-8,17-18H,1-2H3,(H,21,22). The smallest absolute Gasteiger partial charge is 0.356 e. The highest BCUT2D eigenvalue weighted by molar-refractivity contribution is 5.87. The molecule has 1 aliphatic heterocycles. The summed E-state index contributed by atoms with van der Waals surface area (Å²) in [6.45, 7) is 1.88. The fourth-order valence-corrected chi connectivity index (χ4v) is 2.10. The van der Waals surface area contributed by atoms with Crippen molar-refractivity contribution in [2.24, 2.45) is 0 Å². The maximum Gasteiger partial charge on any atom is 0.356 e. The van der Waals surface area contributed by atoms with E-state index in [9.17, 15) is 9.90 Å². The van der Waals surface area contributed by atoms with Crippen LogP contribution in [-0.4, -0.2) is 33.0 Å². The number of carboxylic acids is 1. The van der Waals surface area contributed by atoms with E-state index in [4.69, 9.17) is 4.74 Å². The quantitative estimate of drug-likeness (QED) is 0.783. The van der Waals surface area contributed by atoms with Crippen LogP contribution in [0.3, 0.4) is 0 Å². The lowest BCUT2D eigenvalue weighted by molar-refractivity contribution is 0.0690. The zero-order valence-electron chi connectivity index (χ0n) is 12.6. The number of allylic oxidation sites excluding steroid dienone is 2. The first kappa shape index (κ1) is 14.6. The Bertz CT molecular complexity index is 805. The minimum absolute atomic E-state index is 0.0511. The molecule has 0 aliphatic carbocycles. The van der Waals surface area contributed by atoms with Crippen LogP contribution in [0, 0.1) is 6.92 Å². The van der Waals surface area contributed by atoms with E-state index in [0.717, 1.165) is 11.3 Å². The highest BCUT2D eigenvalue weighted by Gasteiger charge is 2.18. The maximum absolute atomic E-state index is 11.3. The summed E-state index contributed by atoms with van der Waals surface area (Å²) in [5.41, 5.74) is 7.96. The summed E-state index contributed by atoms with van der Waals surface area (Å²) in [7, 11) is 1.54. The molecule has 0 bridgehead atoms. The van der Waals surface area contributed by atoms with E-state index >= 15 is 0 Å². The van der Waals surface area contributed by atoms with Crippen LogP contribution >= 0.6 is 0 Å². The number of nitrogens with zero attached hydrogens (tertiary/aromatic N) is 3. The molecule has 0 amide bonds. The highest BCUT2D eigenvalue weighted by Crippen LogP contribution is 2.23. The molecule has 3 heterocycles. The minimum atomic E-state index is -1.09. The first-order valence-electron chi connectivity index (χ1n) is 6.83. The second-order valence-corrected chi connectivity index (χ2v) is 4.86. The first-order chi connectivity index (χ1) is 11.1. The van der Waals surface area contributed by atoms with Gasteiger partial charge >= 0.3 is 5.97 Å². The van der Waals surface area contributed by atoms with Gasteiger partial charge in [0.15, 0.2) is 5.69 Å². The summed E-state index contributed by atoms with van der Waals surface area (Å²) in [6.07, 6.45) is 5.13. The Morgan fingerprint density at radius 1 is 1.30 bits per heavy atom. The van der Waals surface area contributed by atoms with Gasteiger partial charge in [0.2, 0.25) is 5.88 Å². The molecule has 8 heteroatoms. The molecule has 0 radical (unpaired) electrons. The summed E-state index contributed by atoms with van der Waals surface area (Å²) in [5.74, 6) is 0.00866. The van der Waals surface area contributed by atoms with Crippen LogP contribution < -0.4 is 10.9 Å². The Morgan fingerprint density at radius 3 is 2.70 bits per heavy atom. The second kappa shape index (κ2) is 5.84. The normalized spacial score (nSPS) is 13.5. The van der Waals surface area contributed by atoms with E-state index in [0.29, 0.717) is 17.4 Å². The van der Waals surface area contributed by atoms with Crippen molar-refractivity contribution in [3.63, 3.8) is 0 Å². The number of aromatic carboxylic acids is 1. The molecule has 1 aliphatic rings. The monoisotopic (exact) mass is 313 g/mol. The van der Waals surface area contributed by atoms with Crippen molar-refractivity contribution in [1.82, 2.24) is 25.6 Å². The van der Waals surface area contributed by atoms with Gasteiger partial charge in [0.25, 0.3) is 0 Å². The molecule has 118 valence electrons. The van der Waals surface area contributed by atoms with Crippen LogP contribution in [-0.2, 0) is 4.74 Å². The van der Waals surface area contributed by atoms with Crippen LogP contribution in [0.5, 0.6) is 0 Å². The Hall–Kier alpha value is -3.29. The van der Waals surface area contributed by atoms with Gasteiger partial charge in [-0.3, -0.25) is 15.8 Å². The zero-order chi connectivity index (χ0) is 16.4. The number of hydrogen-bond acceptors (Lipinski definition) is 6. The van der Waals surface area contributed by atoms with Crippen molar-refractivity contribution in [1.29, 1.82) is 0 Å². The number of methoxy groups -OCH3 is 1. The van der Waals surface area contributed by atoms with Gasteiger partial charge in [-0.25, -0.2) is 9.48 Å². The molecule has 0 saturated carbocycles. The van der Waals surface area contributed by atoms with Gasteiger partial charge in [0, 0.05) is 23.5 Å². The number of hydrogen-bond donors (Lipinski definition) is 3. The van der Waals surface area contributed by atoms with E-state index in [2.05, 4.69) is 20.9 Å². The average molecular weight is 313 g/mol. The molecule has 0 saturated heterocycles. The van der Waals surface area contributed by atoms with Crippen molar-refractivity contribution in [3.05, 3.63) is 53.8 Å². The number of rotatable bonds is 4. The van der Waals surface area contributed by atoms with Crippen molar-refractivity contribution in [2.75, 3.05) is 7.11 Å². The first-order valence-corrected chi connectivity index (χ1v) is 6.83. The van der Waals surface area contributed by atoms with Crippen LogP contribution in [0.1, 0.15) is 16.2 Å². The molecule has 3 rings (SSSR count). The molecule has 0 spiro atoms. The predicted octanol–water partition coefficient (Wildman–Crippen LogP) is 1.35. The van der Waals surface area contributed by atoms with E-state index in [1.165, 1.54) is 10.7 Å². The zero-order valence-corrected chi connectivity index (χ0v) is 12.6. The average Bonchev–Trinajstić information content (AvgIpc) is 3.01. The van der Waals surface area contributed by atoms with Crippen LogP contribution in [0.2, 0.25) is 0 Å². The third-order valence-corrected chi connectivity index (χ3v) is 3.29. The Morgan fingerprint density at radius 2 is 2.13 bits per heavy atom. The summed E-state index contributed by atoms with van der Waals surface area (Å²) in [4.78, 5) is 15.5. The van der Waals surface area contributed by atoms with Gasteiger partial charge in [-0.2, -0.15) is 5.10 Å². The lowest BCUT2D eigenvalue weighted by Gasteiger charge is -2.19. The second-order valence-electron chi connectivity index (χ2n) is 4.86. The molecule has 0 unspecified atom stereocenters. The maximum atomic E-state index is 11.3. The number of ether oxygens (including phenoxy) is 1. The van der Waals surface area contributed by atoms with Gasteiger partial charge in [-0.05, 0) is 31.2 Å². The van der Waals surface area contributed by atoms with E-state index in [1.54, 1.807) is 25.5 Å². The Balaban J connectivity index is 2.09. The van der Waals surface area contributed by atoms with Crippen LogP contribution in [0.4, 0.5) is 0 Å². The number of carboxylic acid groups (broad SMARTS) is 1. The number of nitrogens with one attached hydrogen (secondary N) is 2. The van der Waals surface area contributed by atoms with Gasteiger partial charge in [0.05, 0.1) is 12.8 Å². The number of aromatic nitrogens is 3. The molecule has 0 aromatic carbocycles. The van der Waals surface area contributed by atoms with E-state index in [-0.39, 0.29) is 5.69 Å². The molecular weight excluding hydrogens is 298 g/mol. The fourth-order valence-electron chi connectivity index (χ4n) is 2.10. The molecular formula is C15H15N5O3. The summed E-state index contributed by atoms with van der Waals surface area (Å²) in [5, 5.41) is 13.3. The molecule has 0 fully saturated rings. The molecule has 3 N–H and O–H groups in total. The van der Waals surface area contributed by atoms with Crippen molar-refractivity contribution >= 4 is 11.8 Å². The molecule has 0 atom stereocenters. The summed E-state index contributed by atoms with van der Waals surface area (Å²) < 4.78 is 6.56. The van der Waals surface area contributed by atoms with E-state index < -0.39 is 5.97 Å². The van der Waals surface area contributed by atoms with Gasteiger partial charge in [-0.1, -0.05) is 0 Å². The summed E-state index contributed by atoms with van der Waals surface area (Å²) in [6, 6.07) is 5.23. The summed E-state index contributed by atoms with van der Waals surface area (Å²) >= 11 is 0. The Kier molecular flexibility index (Phi) is 3.71. The molecule has 2 aromatic heterocycles. The minimum Gasteiger partial charge on any atom is -0.481 e. The molecule has 2 aromatic rings. The van der Waals surface area contributed by atoms with E-state index in [1.807, 2.05) is 19.1 Å². The van der Waals surface area contributed by atoms with Gasteiger partial charge < -0.3 is 9.84 Å². The number of aryl methyl sites for hydroxylation is 1. The van der Waals surface area contributed by atoms with Gasteiger partial charge in [-0.15, -0.1) is 0 Å². The SMILES string of the molecule is COC1=CC=C(n2nc(C(=O)O)cc2-c2ccc(C)nc2)NN1. The third-order valence-electron chi connectivity index (χ3n) is 3.29. The fraction of sp³-hybridized carbons (Fsp3) is 0.133.